The Balaban J connectivity index is 3.26. The van der Waals surface area contributed by atoms with Crippen molar-refractivity contribution in [2.45, 2.75) is 13.3 Å². The second-order valence-corrected chi connectivity index (χ2v) is 2.06. The molecule has 0 aliphatic heterocycles. The molecule has 3 nitrogen and oxygen atoms in total. The van der Waals surface area contributed by atoms with Gasteiger partial charge in [-0.15, -0.1) is 6.58 Å². The predicted molar refractivity (Wildman–Crippen MR) is 35.8 cm³/mol. The third-order valence-corrected chi connectivity index (χ3v) is 1.17. The number of allylic oxidation sites excluding steroid dienone is 1. The first-order valence-corrected chi connectivity index (χ1v) is 2.91. The van der Waals surface area contributed by atoms with Crippen molar-refractivity contribution < 1.29 is 4.92 Å². The molecule has 0 saturated heterocycles. The number of rotatable bonds is 4. The van der Waals surface area contributed by atoms with Crippen LogP contribution in [0.5, 0.6) is 0 Å². The molecule has 0 radical (unpaired) electrons. The maximum absolute atomic E-state index is 9.79. The fourth-order valence-electron chi connectivity index (χ4n) is 0.427. The second kappa shape index (κ2) is 4.06. The second-order valence-electron chi connectivity index (χ2n) is 2.06. The SMILES string of the molecule is C=CC(C)CC[N+](=O)[O-]. The van der Waals surface area contributed by atoms with E-state index in [-0.39, 0.29) is 17.4 Å². The summed E-state index contributed by atoms with van der Waals surface area (Å²) in [4.78, 5) is 9.49. The molecule has 1 unspecified atom stereocenters. The highest BCUT2D eigenvalue weighted by atomic mass is 16.6. The van der Waals surface area contributed by atoms with E-state index in [9.17, 15) is 10.1 Å². The molecule has 52 valence electrons. The Morgan fingerprint density at radius 3 is 2.78 bits per heavy atom. The number of nitro groups is 1. The number of nitrogens with zero attached hydrogens (tertiary/aromatic N) is 1. The van der Waals surface area contributed by atoms with Gasteiger partial charge in [0.1, 0.15) is 0 Å². The van der Waals surface area contributed by atoms with Crippen molar-refractivity contribution >= 4 is 0 Å². The van der Waals surface area contributed by atoms with Gasteiger partial charge in [0.05, 0.1) is 0 Å². The van der Waals surface area contributed by atoms with E-state index in [2.05, 4.69) is 6.58 Å². The summed E-state index contributed by atoms with van der Waals surface area (Å²) in [7, 11) is 0. The van der Waals surface area contributed by atoms with Gasteiger partial charge in [-0.3, -0.25) is 10.1 Å². The Bertz CT molecular complexity index is 112. The first-order chi connectivity index (χ1) is 4.16. The van der Waals surface area contributed by atoms with Crippen LogP contribution in [0, 0.1) is 16.0 Å². The molecule has 0 aromatic heterocycles. The lowest BCUT2D eigenvalue weighted by atomic mass is 10.1. The van der Waals surface area contributed by atoms with E-state index in [0.717, 1.165) is 0 Å². The number of hydrogen-bond acceptors (Lipinski definition) is 2. The first-order valence-electron chi connectivity index (χ1n) is 2.91. The fraction of sp³-hybridized carbons (Fsp3) is 0.667. The summed E-state index contributed by atoms with van der Waals surface area (Å²) < 4.78 is 0. The van der Waals surface area contributed by atoms with Crippen LogP contribution in [0.25, 0.3) is 0 Å². The van der Waals surface area contributed by atoms with Gasteiger partial charge in [0.2, 0.25) is 6.54 Å². The van der Waals surface area contributed by atoms with Crippen LogP contribution in [0.3, 0.4) is 0 Å². The van der Waals surface area contributed by atoms with E-state index in [1.807, 2.05) is 6.92 Å². The lowest BCUT2D eigenvalue weighted by Gasteiger charge is -1.98. The van der Waals surface area contributed by atoms with Crippen LogP contribution in [0.1, 0.15) is 13.3 Å². The Hall–Kier alpha value is -0.860. The summed E-state index contributed by atoms with van der Waals surface area (Å²) in [5, 5.41) is 9.79. The maximum atomic E-state index is 9.79. The molecule has 0 fully saturated rings. The van der Waals surface area contributed by atoms with Gasteiger partial charge in [-0.25, -0.2) is 0 Å². The summed E-state index contributed by atoms with van der Waals surface area (Å²) in [6.07, 6.45) is 2.32. The van der Waals surface area contributed by atoms with E-state index < -0.39 is 0 Å². The van der Waals surface area contributed by atoms with Crippen molar-refractivity contribution in [2.24, 2.45) is 5.92 Å². The Morgan fingerprint density at radius 1 is 1.89 bits per heavy atom. The van der Waals surface area contributed by atoms with Crippen molar-refractivity contribution in [2.75, 3.05) is 6.54 Å². The van der Waals surface area contributed by atoms with Gasteiger partial charge in [0.15, 0.2) is 0 Å². The normalized spacial score (nSPS) is 12.6. The average Bonchev–Trinajstić information content (AvgIpc) is 1.83. The zero-order valence-corrected chi connectivity index (χ0v) is 5.54. The van der Waals surface area contributed by atoms with Gasteiger partial charge in [-0.1, -0.05) is 13.0 Å². The molecule has 0 rings (SSSR count). The van der Waals surface area contributed by atoms with E-state index >= 15 is 0 Å². The zero-order valence-electron chi connectivity index (χ0n) is 5.54. The van der Waals surface area contributed by atoms with Gasteiger partial charge in [0.25, 0.3) is 0 Å². The fourth-order valence-corrected chi connectivity index (χ4v) is 0.427. The van der Waals surface area contributed by atoms with Crippen LogP contribution in [-0.4, -0.2) is 11.5 Å². The molecule has 0 aromatic rings. The van der Waals surface area contributed by atoms with Gasteiger partial charge < -0.3 is 0 Å². The van der Waals surface area contributed by atoms with Crippen LogP contribution in [0.15, 0.2) is 12.7 Å². The van der Waals surface area contributed by atoms with Crippen molar-refractivity contribution in [1.82, 2.24) is 0 Å². The molecule has 0 heterocycles. The minimum Gasteiger partial charge on any atom is -0.265 e. The van der Waals surface area contributed by atoms with E-state index in [0.29, 0.717) is 6.42 Å². The molecule has 1 atom stereocenters. The molecule has 0 saturated carbocycles. The molecule has 0 bridgehead atoms. The summed E-state index contributed by atoms with van der Waals surface area (Å²) in [6, 6.07) is 0. The number of hydrogen-bond donors (Lipinski definition) is 0. The summed E-state index contributed by atoms with van der Waals surface area (Å²) in [5.41, 5.74) is 0. The largest absolute Gasteiger partial charge is 0.265 e. The lowest BCUT2D eigenvalue weighted by Crippen LogP contribution is -2.04. The highest BCUT2D eigenvalue weighted by Gasteiger charge is 2.00. The minimum atomic E-state index is -0.306. The minimum absolute atomic E-state index is 0.0488. The quantitative estimate of drug-likeness (QED) is 0.328. The van der Waals surface area contributed by atoms with Crippen molar-refractivity contribution in [3.05, 3.63) is 22.8 Å². The summed E-state index contributed by atoms with van der Waals surface area (Å²) >= 11 is 0. The van der Waals surface area contributed by atoms with Gasteiger partial charge >= 0.3 is 0 Å². The molecule has 0 aliphatic carbocycles. The highest BCUT2D eigenvalue weighted by Crippen LogP contribution is 2.00. The van der Waals surface area contributed by atoms with Crippen molar-refractivity contribution in [1.29, 1.82) is 0 Å². The lowest BCUT2D eigenvalue weighted by molar-refractivity contribution is -0.481. The Labute approximate surface area is 54.5 Å². The van der Waals surface area contributed by atoms with Gasteiger partial charge in [-0.2, -0.15) is 0 Å². The predicted octanol–water partition coefficient (Wildman–Crippen LogP) is 1.48. The standard InChI is InChI=1S/C6H11NO2/c1-3-6(2)4-5-7(8)9/h3,6H,1,4-5H2,2H3. The first kappa shape index (κ1) is 8.14. The topological polar surface area (TPSA) is 43.1 Å². The molecule has 0 spiro atoms. The molecule has 0 N–H and O–H groups in total. The van der Waals surface area contributed by atoms with Crippen LogP contribution in [0.2, 0.25) is 0 Å². The van der Waals surface area contributed by atoms with Gasteiger partial charge in [0, 0.05) is 11.3 Å². The average molecular weight is 129 g/mol. The monoisotopic (exact) mass is 129 g/mol. The van der Waals surface area contributed by atoms with E-state index in [1.165, 1.54) is 0 Å². The van der Waals surface area contributed by atoms with Crippen LogP contribution in [0.4, 0.5) is 0 Å². The molecule has 3 heteroatoms. The Morgan fingerprint density at radius 2 is 2.44 bits per heavy atom. The van der Waals surface area contributed by atoms with Crippen molar-refractivity contribution in [3.8, 4) is 0 Å². The third-order valence-electron chi connectivity index (χ3n) is 1.17. The third kappa shape index (κ3) is 5.00. The maximum Gasteiger partial charge on any atom is 0.204 e. The smallest absolute Gasteiger partial charge is 0.204 e. The molecular weight excluding hydrogens is 118 g/mol. The van der Waals surface area contributed by atoms with E-state index in [1.54, 1.807) is 6.08 Å². The van der Waals surface area contributed by atoms with Gasteiger partial charge in [-0.05, 0) is 5.92 Å². The van der Waals surface area contributed by atoms with Crippen LogP contribution >= 0.6 is 0 Å². The molecule has 0 amide bonds. The zero-order chi connectivity index (χ0) is 7.28. The van der Waals surface area contributed by atoms with E-state index in [4.69, 9.17) is 0 Å². The Kier molecular flexibility index (Phi) is 3.67. The molecule has 0 aromatic carbocycles. The molecule has 0 aliphatic rings. The summed E-state index contributed by atoms with van der Waals surface area (Å²) in [5.74, 6) is 0.260. The summed E-state index contributed by atoms with van der Waals surface area (Å²) in [6.45, 7) is 5.48. The molecular formula is C6H11NO2. The van der Waals surface area contributed by atoms with Crippen LogP contribution in [-0.2, 0) is 0 Å². The van der Waals surface area contributed by atoms with Crippen LogP contribution < -0.4 is 0 Å². The highest BCUT2D eigenvalue weighted by molar-refractivity contribution is 4.73. The van der Waals surface area contributed by atoms with Crippen molar-refractivity contribution in [3.63, 3.8) is 0 Å². The molecule has 9 heavy (non-hydrogen) atoms.